The van der Waals surface area contributed by atoms with E-state index in [0.29, 0.717) is 64.7 Å². The third-order valence-corrected chi connectivity index (χ3v) is 26.5. The van der Waals surface area contributed by atoms with E-state index in [1.165, 1.54) is 29.1 Å². The van der Waals surface area contributed by atoms with Crippen LogP contribution in [0.3, 0.4) is 0 Å². The second kappa shape index (κ2) is 22.8. The zero-order valence-corrected chi connectivity index (χ0v) is 58.1. The zero-order valence-electron chi connectivity index (χ0n) is 54.8. The van der Waals surface area contributed by atoms with E-state index in [2.05, 4.69) is 175 Å². The molecule has 4 N–H and O–H groups in total. The lowest BCUT2D eigenvalue weighted by molar-refractivity contribution is -0.109. The highest BCUT2D eigenvalue weighted by atomic mass is 32.2. The molecular weight excluding hydrogens is 1240 g/mol. The summed E-state index contributed by atoms with van der Waals surface area (Å²) in [6.07, 6.45) is 4.65. The van der Waals surface area contributed by atoms with Crippen molar-refractivity contribution in [3.8, 4) is 22.3 Å². The van der Waals surface area contributed by atoms with Gasteiger partial charge in [-0.15, -0.1) is 0 Å². The Labute approximate surface area is 565 Å². The molecule has 17 rings (SSSR count). The molecule has 0 aromatic heterocycles. The molecule has 9 unspecified atom stereocenters. The molecule has 6 aliphatic heterocycles. The van der Waals surface area contributed by atoms with Crippen LogP contribution in [0.1, 0.15) is 109 Å². The summed E-state index contributed by atoms with van der Waals surface area (Å²) >= 11 is 5.47. The summed E-state index contributed by atoms with van der Waals surface area (Å²) in [6.45, 7) is 25.4. The van der Waals surface area contributed by atoms with Crippen molar-refractivity contribution in [1.82, 2.24) is 17.2 Å². The van der Waals surface area contributed by atoms with Gasteiger partial charge in [-0.2, -0.15) is 4.31 Å². The Morgan fingerprint density at radius 3 is 1.43 bits per heavy atom. The molecule has 8 aromatic rings. The summed E-state index contributed by atoms with van der Waals surface area (Å²) in [7, 11) is -3.92. The minimum Gasteiger partial charge on any atom is -0.506 e. The number of hydrogen-bond acceptors (Lipinski definition) is 14. The van der Waals surface area contributed by atoms with E-state index in [9.17, 15) is 5.11 Å². The smallest absolute Gasteiger partial charge is 0.243 e. The van der Waals surface area contributed by atoms with Gasteiger partial charge >= 0.3 is 0 Å². The van der Waals surface area contributed by atoms with E-state index in [1.54, 1.807) is 22.3 Å². The summed E-state index contributed by atoms with van der Waals surface area (Å²) in [5.41, 5.74) is 9.34. The number of nitrogens with zero attached hydrogens (tertiary/aromatic N) is 5. The van der Waals surface area contributed by atoms with E-state index in [-0.39, 0.29) is 39.4 Å². The number of carbonyl (C=O) groups excluding carboxylic acids is 1. The number of ketones is 1. The molecule has 9 atom stereocenters. The lowest BCUT2D eigenvalue weighted by Gasteiger charge is -2.42. The molecule has 6 heterocycles. The van der Waals surface area contributed by atoms with Crippen LogP contribution >= 0.6 is 35.8 Å². The minimum atomic E-state index is -3.92. The van der Waals surface area contributed by atoms with Crippen molar-refractivity contribution in [2.45, 2.75) is 112 Å². The first kappa shape index (κ1) is 61.0. The summed E-state index contributed by atoms with van der Waals surface area (Å²) < 4.78 is 39.3. The van der Waals surface area contributed by atoms with E-state index in [4.69, 9.17) is 4.99 Å². The zero-order chi connectivity index (χ0) is 64.4. The van der Waals surface area contributed by atoms with Gasteiger partial charge in [-0.1, -0.05) is 128 Å². The number of aliphatic hydroxyl groups excluding tert-OH is 1. The Hall–Kier alpha value is -6.60. The van der Waals surface area contributed by atoms with Crippen LogP contribution in [0.25, 0.3) is 54.9 Å². The number of aliphatic hydroxyl groups is 1. The van der Waals surface area contributed by atoms with Crippen LogP contribution < -0.4 is 26.5 Å². The van der Waals surface area contributed by atoms with Crippen molar-refractivity contribution < 1.29 is 18.3 Å². The number of anilines is 3. The minimum absolute atomic E-state index is 0.0860. The van der Waals surface area contributed by atoms with Crippen LogP contribution in [0, 0.1) is 47.3 Å². The normalized spacial score (nSPS) is 28.7. The maximum absolute atomic E-state index is 15.9. The first-order valence-corrected chi connectivity index (χ1v) is 38.0. The first-order valence-electron chi connectivity index (χ1n) is 34.2. The van der Waals surface area contributed by atoms with Gasteiger partial charge in [0.1, 0.15) is 5.76 Å². The topological polar surface area (TPSA) is 133 Å². The maximum atomic E-state index is 15.9. The number of hydrogen-bond donors (Lipinski definition) is 4. The molecular formula is C78H82N8O4S4. The van der Waals surface area contributed by atoms with Gasteiger partial charge in [-0.3, -0.25) is 4.79 Å². The molecule has 4 fully saturated rings. The fourth-order valence-electron chi connectivity index (χ4n) is 18.2. The van der Waals surface area contributed by atoms with Crippen molar-refractivity contribution in [3.05, 3.63) is 178 Å². The van der Waals surface area contributed by atoms with Gasteiger partial charge in [0.25, 0.3) is 0 Å². The van der Waals surface area contributed by atoms with Crippen molar-refractivity contribution >= 4 is 101 Å². The number of fused-ring (bicyclic) bond motifs is 10. The van der Waals surface area contributed by atoms with Crippen molar-refractivity contribution in [2.24, 2.45) is 52.3 Å². The van der Waals surface area contributed by atoms with E-state index >= 15 is 13.2 Å². The molecule has 4 saturated heterocycles. The van der Waals surface area contributed by atoms with Crippen LogP contribution in [0.2, 0.25) is 0 Å². The average molecular weight is 1320 g/mol. The first-order chi connectivity index (χ1) is 45.3. The number of piperidine rings is 4. The fourth-order valence-corrected chi connectivity index (χ4v) is 23.6. The number of carbonyl (C=O) groups is 1. The highest BCUT2D eigenvalue weighted by molar-refractivity contribution is 7.97. The predicted molar refractivity (Wildman–Crippen MR) is 386 cm³/mol. The van der Waals surface area contributed by atoms with E-state index in [0.717, 1.165) is 134 Å². The molecule has 0 saturated carbocycles. The Balaban J connectivity index is 0.830. The summed E-state index contributed by atoms with van der Waals surface area (Å²) in [5, 5.41) is 30.3. The Bertz CT molecular complexity index is 4720. The second-order valence-corrected chi connectivity index (χ2v) is 35.3. The maximum Gasteiger partial charge on any atom is 0.243 e. The van der Waals surface area contributed by atoms with Gasteiger partial charge in [0.15, 0.2) is 11.3 Å². The Morgan fingerprint density at radius 1 is 0.468 bits per heavy atom. The van der Waals surface area contributed by atoms with Gasteiger partial charge in [-0.25, -0.2) is 26.3 Å². The highest BCUT2D eigenvalue weighted by Gasteiger charge is 2.51. The number of rotatable bonds is 9. The second-order valence-electron chi connectivity index (χ2n) is 29.9. The molecule has 2 spiro atoms. The average Bonchev–Trinajstić information content (AvgIpc) is 1.69. The van der Waals surface area contributed by atoms with E-state index in [1.807, 2.05) is 60.3 Å². The van der Waals surface area contributed by atoms with Crippen molar-refractivity contribution in [3.63, 3.8) is 0 Å². The largest absolute Gasteiger partial charge is 0.506 e. The number of allylic oxidation sites excluding steroid dienone is 2. The summed E-state index contributed by atoms with van der Waals surface area (Å²) in [4.78, 5) is 25.5. The van der Waals surface area contributed by atoms with Gasteiger partial charge < -0.3 is 21.1 Å². The summed E-state index contributed by atoms with van der Waals surface area (Å²) in [5.74, 6) is 3.67. The molecule has 0 amide bonds. The number of Topliss-reactive ketones (excluding diaryl/α,β-unsaturated/α-hetero) is 1. The quantitative estimate of drug-likeness (QED) is 0.102. The Morgan fingerprint density at radius 2 is 0.904 bits per heavy atom. The third-order valence-electron chi connectivity index (χ3n) is 21.6. The molecule has 0 bridgehead atoms. The SMILES string of the molecule is CC1CC(C)CN(Sc2ccc3c(c2)C2(N=c4/c(=C5\C(=O)C(c6ccc7cccc8c7c6NC6(N8)c7cc(SN8CC(C)CC(C)C8)ccc7-c7ccc(SN8CC(C)CC(C)C8)cc76)=C5O)ccc5cccc(c45)N2)c2cc(S(=O)(=O)N4CC(C)CC(C)C4)ccc2-3)C1. The van der Waals surface area contributed by atoms with Crippen molar-refractivity contribution in [1.29, 1.82) is 0 Å². The fraction of sp³-hybridized carbons (Fsp3) is 0.385. The third kappa shape index (κ3) is 9.94. The van der Waals surface area contributed by atoms with Gasteiger partial charge in [0.05, 0.1) is 27.1 Å². The molecule has 12 nitrogen and oxygen atoms in total. The van der Waals surface area contributed by atoms with Crippen LogP contribution in [-0.4, -0.2) is 88.9 Å². The van der Waals surface area contributed by atoms with Crippen LogP contribution in [0.4, 0.5) is 17.1 Å². The molecule has 94 heavy (non-hydrogen) atoms. The highest BCUT2D eigenvalue weighted by Crippen LogP contribution is 2.58. The summed E-state index contributed by atoms with van der Waals surface area (Å²) in [6, 6.07) is 46.7. The number of nitrogens with one attached hydrogen (secondary N) is 3. The molecule has 8 aromatic carbocycles. The standard InChI is InChI=1S/C78H82N8O4S4/c1-43-27-44(2)36-83(35-43)91-53-17-23-57-58-24-18-54(92-84-37-45(3)28-46(4)38-84)32-64(58)77(63(57)31-53)79-67-13-9-11-51-15-21-61(73(81-77)69(51)67)71-75(87)72(76(71)88)62-22-16-52-12-10-14-68-70(52)74(62)82-78(80-68)65-33-55(93-85-39-47(5)29-48(6)40-85)19-25-59(65)60-26-20-56(34-66(60)78)94(89,90)86-41-49(7)30-50(8)42-86/h9-26,31-34,43-50,79-81,87H,27-30,35-42H2,1-8H3/b72-62-. The Kier molecular flexibility index (Phi) is 14.8. The van der Waals surface area contributed by atoms with Gasteiger partial charge in [-0.05, 0) is 203 Å². The molecule has 9 aliphatic rings. The molecule has 3 aliphatic carbocycles. The van der Waals surface area contributed by atoms with Crippen LogP contribution in [-0.2, 0) is 26.1 Å². The molecule has 0 radical (unpaired) electrons. The van der Waals surface area contributed by atoms with Gasteiger partial charge in [0, 0.05) is 122 Å². The van der Waals surface area contributed by atoms with E-state index < -0.39 is 21.3 Å². The predicted octanol–water partition coefficient (Wildman–Crippen LogP) is 16.0. The number of benzene rings is 8. The van der Waals surface area contributed by atoms with Crippen LogP contribution in [0.5, 0.6) is 0 Å². The molecule has 482 valence electrons. The van der Waals surface area contributed by atoms with Crippen LogP contribution in [0.15, 0.2) is 164 Å². The molecule has 16 heteroatoms. The lowest BCUT2D eigenvalue weighted by atomic mass is 9.79. The van der Waals surface area contributed by atoms with Crippen molar-refractivity contribution in [2.75, 3.05) is 68.3 Å². The number of sulfonamides is 1. The van der Waals surface area contributed by atoms with Gasteiger partial charge in [0.2, 0.25) is 15.8 Å². The lowest BCUT2D eigenvalue weighted by Crippen LogP contribution is -2.46. The monoisotopic (exact) mass is 1320 g/mol.